The zero-order chi connectivity index (χ0) is 40.1. The standard InChI is InChI=1S/C21H15NO4.C15H10BrNO4.C6H7BO2.3CH4/c23-15-8-6-14(7-9-15)22-12-18(13-4-2-1-3-5-13)17-10-16(24)11-19(25)20(17)21(22)26;16-12-7-17(8-1-3-9(18)4-2-8)15(21)14-11(12)5-10(19)6-13(14)20;8-7(9)6-4-2-1-3-5-6;;;/h1-12,23-25H;1-7,18-20H;1-5,8-9H;3*1H4. The Morgan fingerprint density at radius 2 is 0.881 bits per heavy atom. The van der Waals surface area contributed by atoms with Crippen LogP contribution < -0.4 is 16.6 Å². The first-order valence-electron chi connectivity index (χ1n) is 16.8. The van der Waals surface area contributed by atoms with Gasteiger partial charge >= 0.3 is 7.12 Å². The van der Waals surface area contributed by atoms with Gasteiger partial charge in [0.1, 0.15) is 34.5 Å². The summed E-state index contributed by atoms with van der Waals surface area (Å²) in [6, 6.07) is 35.6. The first kappa shape index (κ1) is 46.4. The molecule has 12 nitrogen and oxygen atoms in total. The van der Waals surface area contributed by atoms with Gasteiger partial charge in [0.2, 0.25) is 0 Å². The normalized spacial score (nSPS) is 10.1. The van der Waals surface area contributed by atoms with Crippen LogP contribution >= 0.6 is 15.9 Å². The fourth-order valence-corrected chi connectivity index (χ4v) is 6.41. The number of rotatable bonds is 4. The molecule has 0 atom stereocenters. The molecular weight excluding hydrogens is 819 g/mol. The maximum Gasteiger partial charge on any atom is 0.488 e. The fourth-order valence-electron chi connectivity index (χ4n) is 5.90. The van der Waals surface area contributed by atoms with E-state index in [9.17, 15) is 40.2 Å². The average Bonchev–Trinajstić information content (AvgIpc) is 3.18. The minimum atomic E-state index is -1.34. The summed E-state index contributed by atoms with van der Waals surface area (Å²) in [6.07, 6.45) is 3.22. The van der Waals surface area contributed by atoms with Gasteiger partial charge in [-0.2, -0.15) is 0 Å². The lowest BCUT2D eigenvalue weighted by atomic mass is 9.81. The SMILES string of the molecule is C.C.C.O=c1c2c(O)cc(O)cc2c(-c2ccccc2)cn1-c1ccc(O)cc1.O=c1c2c(O)cc(O)cc2c(Br)cn1-c1ccc(O)cc1.OB(O)c1ccccc1. The number of benzene rings is 6. The van der Waals surface area contributed by atoms with Gasteiger partial charge in [-0.1, -0.05) is 82.9 Å². The van der Waals surface area contributed by atoms with Crippen LogP contribution in [-0.2, 0) is 0 Å². The molecule has 0 saturated heterocycles. The Kier molecular flexibility index (Phi) is 15.7. The second-order valence-electron chi connectivity index (χ2n) is 12.3. The van der Waals surface area contributed by atoms with E-state index in [1.807, 2.05) is 36.4 Å². The molecule has 14 heteroatoms. The minimum absolute atomic E-state index is 0. The van der Waals surface area contributed by atoms with E-state index in [0.29, 0.717) is 37.6 Å². The van der Waals surface area contributed by atoms with Crippen LogP contribution in [0.5, 0.6) is 34.5 Å². The molecule has 0 bridgehead atoms. The Balaban J connectivity index is 0.000000254. The van der Waals surface area contributed by atoms with Crippen molar-refractivity contribution < 1.29 is 40.7 Å². The number of pyridine rings is 2. The van der Waals surface area contributed by atoms with Gasteiger partial charge in [0.15, 0.2) is 0 Å². The third kappa shape index (κ3) is 10.3. The molecule has 6 aromatic carbocycles. The van der Waals surface area contributed by atoms with Crippen molar-refractivity contribution in [2.24, 2.45) is 0 Å². The number of phenolic OH excluding ortho intramolecular Hbond substituents is 6. The van der Waals surface area contributed by atoms with Crippen molar-refractivity contribution in [2.45, 2.75) is 22.3 Å². The third-order valence-corrected chi connectivity index (χ3v) is 9.19. The maximum atomic E-state index is 13.0. The number of aromatic hydroxyl groups is 6. The Labute approximate surface area is 349 Å². The highest BCUT2D eigenvalue weighted by atomic mass is 79.9. The van der Waals surface area contributed by atoms with Gasteiger partial charge in [-0.25, -0.2) is 0 Å². The minimum Gasteiger partial charge on any atom is -0.508 e. The first-order valence-corrected chi connectivity index (χ1v) is 17.5. The van der Waals surface area contributed by atoms with Gasteiger partial charge in [-0.3, -0.25) is 18.7 Å². The second kappa shape index (κ2) is 19.9. The van der Waals surface area contributed by atoms with Crippen molar-refractivity contribution in [3.05, 3.63) is 171 Å². The molecule has 0 aliphatic carbocycles. The van der Waals surface area contributed by atoms with E-state index < -0.39 is 18.2 Å². The molecule has 2 aromatic heterocycles. The second-order valence-corrected chi connectivity index (χ2v) is 13.2. The molecule has 8 rings (SSSR count). The highest BCUT2D eigenvalue weighted by Crippen LogP contribution is 2.35. The van der Waals surface area contributed by atoms with Crippen molar-refractivity contribution in [1.82, 2.24) is 9.13 Å². The van der Waals surface area contributed by atoms with Crippen molar-refractivity contribution in [3.8, 4) is 57.0 Å². The molecule has 0 spiro atoms. The van der Waals surface area contributed by atoms with Crippen molar-refractivity contribution in [3.63, 3.8) is 0 Å². The topological polar surface area (TPSA) is 206 Å². The van der Waals surface area contributed by atoms with Crippen LogP contribution in [0.15, 0.2) is 160 Å². The average molecular weight is 864 g/mol. The largest absolute Gasteiger partial charge is 0.508 e. The molecule has 8 N–H and O–H groups in total. The van der Waals surface area contributed by atoms with Crippen molar-refractivity contribution in [2.75, 3.05) is 0 Å². The fraction of sp³-hybridized carbons (Fsp3) is 0.0667. The van der Waals surface area contributed by atoms with E-state index in [4.69, 9.17) is 10.0 Å². The Bertz CT molecular complexity index is 2780. The lowest BCUT2D eigenvalue weighted by molar-refractivity contribution is 0.425. The third-order valence-electron chi connectivity index (χ3n) is 8.56. The van der Waals surface area contributed by atoms with Gasteiger partial charge < -0.3 is 40.7 Å². The van der Waals surface area contributed by atoms with Crippen LogP contribution in [-0.4, -0.2) is 56.9 Å². The van der Waals surface area contributed by atoms with E-state index in [-0.39, 0.29) is 67.5 Å². The van der Waals surface area contributed by atoms with Crippen LogP contribution in [0, 0.1) is 0 Å². The van der Waals surface area contributed by atoms with Crippen LogP contribution in [0.2, 0.25) is 0 Å². The van der Waals surface area contributed by atoms with Crippen LogP contribution in [0.25, 0.3) is 44.0 Å². The monoisotopic (exact) mass is 862 g/mol. The van der Waals surface area contributed by atoms with Gasteiger partial charge in [0, 0.05) is 56.7 Å². The molecule has 0 amide bonds. The molecule has 8 aromatic rings. The summed E-state index contributed by atoms with van der Waals surface area (Å²) in [7, 11) is -1.34. The van der Waals surface area contributed by atoms with Crippen LogP contribution in [0.3, 0.4) is 0 Å². The summed E-state index contributed by atoms with van der Waals surface area (Å²) >= 11 is 3.33. The molecule has 59 heavy (non-hydrogen) atoms. The Hall–Kier alpha value is -7.00. The molecule has 0 fully saturated rings. The molecule has 0 aliphatic heterocycles. The molecular formula is C45H44BBrN2O10. The smallest absolute Gasteiger partial charge is 0.488 e. The van der Waals surface area contributed by atoms with Gasteiger partial charge in [0.25, 0.3) is 11.1 Å². The van der Waals surface area contributed by atoms with Gasteiger partial charge in [-0.05, 0) is 87.6 Å². The van der Waals surface area contributed by atoms with Gasteiger partial charge in [-0.15, -0.1) is 0 Å². The highest BCUT2D eigenvalue weighted by Gasteiger charge is 2.17. The van der Waals surface area contributed by atoms with Crippen molar-refractivity contribution in [1.29, 1.82) is 0 Å². The predicted molar refractivity (Wildman–Crippen MR) is 239 cm³/mol. The lowest BCUT2D eigenvalue weighted by Crippen LogP contribution is -2.29. The number of hydrogen-bond acceptors (Lipinski definition) is 10. The summed E-state index contributed by atoms with van der Waals surface area (Å²) in [5, 5.41) is 76.7. The number of fused-ring (bicyclic) bond motifs is 2. The number of phenols is 6. The molecule has 0 unspecified atom stereocenters. The number of nitrogens with zero attached hydrogens (tertiary/aromatic N) is 2. The number of aromatic nitrogens is 2. The predicted octanol–water partition coefficient (Wildman–Crippen LogP) is 7.92. The number of halogens is 1. The first-order chi connectivity index (χ1) is 26.8. The Morgan fingerprint density at radius 1 is 0.475 bits per heavy atom. The van der Waals surface area contributed by atoms with Crippen LogP contribution in [0.4, 0.5) is 0 Å². The summed E-state index contributed by atoms with van der Waals surface area (Å²) in [4.78, 5) is 25.5. The molecule has 2 heterocycles. The van der Waals surface area contributed by atoms with Gasteiger partial charge in [0.05, 0.1) is 10.8 Å². The molecule has 0 aliphatic rings. The summed E-state index contributed by atoms with van der Waals surface area (Å²) < 4.78 is 3.32. The summed E-state index contributed by atoms with van der Waals surface area (Å²) in [5.41, 5.74) is 2.33. The lowest BCUT2D eigenvalue weighted by Gasteiger charge is -2.14. The zero-order valence-corrected chi connectivity index (χ0v) is 30.7. The number of hydrogen-bond donors (Lipinski definition) is 8. The van der Waals surface area contributed by atoms with Crippen molar-refractivity contribution >= 4 is 50.1 Å². The van der Waals surface area contributed by atoms with E-state index in [0.717, 1.165) is 17.7 Å². The zero-order valence-electron chi connectivity index (χ0n) is 29.1. The van der Waals surface area contributed by atoms with Crippen LogP contribution in [0.1, 0.15) is 22.3 Å². The Morgan fingerprint density at radius 3 is 1.32 bits per heavy atom. The molecule has 0 radical (unpaired) electrons. The maximum absolute atomic E-state index is 13.0. The van der Waals surface area contributed by atoms with E-state index in [1.54, 1.807) is 60.9 Å². The molecule has 304 valence electrons. The van der Waals surface area contributed by atoms with E-state index >= 15 is 0 Å². The summed E-state index contributed by atoms with van der Waals surface area (Å²) in [6.45, 7) is 0. The highest BCUT2D eigenvalue weighted by molar-refractivity contribution is 9.10. The van der Waals surface area contributed by atoms with E-state index in [1.165, 1.54) is 45.5 Å². The molecule has 0 saturated carbocycles. The quantitative estimate of drug-likeness (QED) is 0.0803. The summed E-state index contributed by atoms with van der Waals surface area (Å²) in [5.74, 6) is -0.617. The van der Waals surface area contributed by atoms with E-state index in [2.05, 4.69) is 15.9 Å².